The number of nitro groups is 1. The van der Waals surface area contributed by atoms with Crippen LogP contribution in [-0.4, -0.2) is 9.91 Å². The lowest BCUT2D eigenvalue weighted by Gasteiger charge is -1.94. The van der Waals surface area contributed by atoms with Crippen LogP contribution in [0.2, 0.25) is 0 Å². The second-order valence-electron chi connectivity index (χ2n) is 3.94. The summed E-state index contributed by atoms with van der Waals surface area (Å²) >= 11 is 3.36. The van der Waals surface area contributed by atoms with E-state index in [0.717, 1.165) is 4.47 Å². The third-order valence-corrected chi connectivity index (χ3v) is 3.15. The van der Waals surface area contributed by atoms with Gasteiger partial charge in [0.15, 0.2) is 5.58 Å². The molecule has 0 unspecified atom stereocenters. The molecule has 1 aromatic heterocycles. The Bertz CT molecular complexity index is 782. The summed E-state index contributed by atoms with van der Waals surface area (Å²) in [4.78, 5) is 14.6. The van der Waals surface area contributed by atoms with Crippen molar-refractivity contribution >= 4 is 32.7 Å². The monoisotopic (exact) mass is 318 g/mol. The van der Waals surface area contributed by atoms with Crippen LogP contribution in [-0.2, 0) is 0 Å². The van der Waals surface area contributed by atoms with Gasteiger partial charge in [-0.15, -0.1) is 0 Å². The summed E-state index contributed by atoms with van der Waals surface area (Å²) in [7, 11) is 0. The molecule has 0 fully saturated rings. The number of oxazole rings is 1. The van der Waals surface area contributed by atoms with Crippen molar-refractivity contribution in [1.82, 2.24) is 4.98 Å². The van der Waals surface area contributed by atoms with E-state index in [4.69, 9.17) is 4.42 Å². The topological polar surface area (TPSA) is 69.2 Å². The second-order valence-corrected chi connectivity index (χ2v) is 4.85. The van der Waals surface area contributed by atoms with Gasteiger partial charge in [0, 0.05) is 22.2 Å². The van der Waals surface area contributed by atoms with E-state index in [-0.39, 0.29) is 5.69 Å². The Labute approximate surface area is 116 Å². The normalized spacial score (nSPS) is 10.8. The lowest BCUT2D eigenvalue weighted by atomic mass is 10.2. The van der Waals surface area contributed by atoms with Crippen LogP contribution in [0.1, 0.15) is 0 Å². The van der Waals surface area contributed by atoms with Crippen LogP contribution >= 0.6 is 15.9 Å². The lowest BCUT2D eigenvalue weighted by Crippen LogP contribution is -1.87. The number of benzene rings is 2. The molecule has 5 nitrogen and oxygen atoms in total. The van der Waals surface area contributed by atoms with Crippen molar-refractivity contribution in [1.29, 1.82) is 0 Å². The highest BCUT2D eigenvalue weighted by Crippen LogP contribution is 2.28. The van der Waals surface area contributed by atoms with Gasteiger partial charge in [-0.3, -0.25) is 10.1 Å². The molecule has 94 valence electrons. The lowest BCUT2D eigenvalue weighted by molar-refractivity contribution is -0.384. The van der Waals surface area contributed by atoms with Crippen molar-refractivity contribution in [3.05, 3.63) is 57.1 Å². The highest BCUT2D eigenvalue weighted by molar-refractivity contribution is 9.10. The third kappa shape index (κ3) is 2.22. The Morgan fingerprint density at radius 1 is 1.21 bits per heavy atom. The average Bonchev–Trinajstić information content (AvgIpc) is 2.81. The van der Waals surface area contributed by atoms with Crippen molar-refractivity contribution in [2.24, 2.45) is 0 Å². The molecule has 0 aliphatic heterocycles. The predicted octanol–water partition coefficient (Wildman–Crippen LogP) is 4.17. The van der Waals surface area contributed by atoms with Crippen LogP contribution in [0.15, 0.2) is 51.4 Å². The third-order valence-electron chi connectivity index (χ3n) is 2.65. The molecular weight excluding hydrogens is 312 g/mol. The van der Waals surface area contributed by atoms with Crippen LogP contribution in [0, 0.1) is 10.1 Å². The minimum Gasteiger partial charge on any atom is -0.436 e. The maximum Gasteiger partial charge on any atom is 0.270 e. The molecule has 0 spiro atoms. The molecule has 1 heterocycles. The SMILES string of the molecule is O=[N+]([O-])c1cccc(-c2nc3cc(Br)ccc3o2)c1. The summed E-state index contributed by atoms with van der Waals surface area (Å²) < 4.78 is 6.49. The van der Waals surface area contributed by atoms with Crippen molar-refractivity contribution < 1.29 is 9.34 Å². The van der Waals surface area contributed by atoms with Gasteiger partial charge in [0.1, 0.15) is 5.52 Å². The van der Waals surface area contributed by atoms with Gasteiger partial charge >= 0.3 is 0 Å². The maximum absolute atomic E-state index is 10.7. The largest absolute Gasteiger partial charge is 0.436 e. The first-order valence-corrected chi connectivity index (χ1v) is 6.24. The molecule has 6 heteroatoms. The standard InChI is InChI=1S/C13H7BrN2O3/c14-9-4-5-12-11(7-9)15-13(19-12)8-2-1-3-10(6-8)16(17)18/h1-7H. The first-order valence-electron chi connectivity index (χ1n) is 5.44. The fraction of sp³-hybridized carbons (Fsp3) is 0. The van der Waals surface area contributed by atoms with E-state index < -0.39 is 4.92 Å². The number of fused-ring (bicyclic) bond motifs is 1. The van der Waals surface area contributed by atoms with Crippen molar-refractivity contribution in [2.75, 3.05) is 0 Å². The minimum absolute atomic E-state index is 0.0148. The van der Waals surface area contributed by atoms with E-state index in [1.54, 1.807) is 18.2 Å². The fourth-order valence-electron chi connectivity index (χ4n) is 1.78. The number of hydrogen-bond acceptors (Lipinski definition) is 4. The van der Waals surface area contributed by atoms with Crippen LogP contribution in [0.25, 0.3) is 22.6 Å². The first kappa shape index (κ1) is 11.9. The summed E-state index contributed by atoms with van der Waals surface area (Å²) in [5, 5.41) is 10.7. The van der Waals surface area contributed by atoms with Crippen LogP contribution in [0.3, 0.4) is 0 Å². The van der Waals surface area contributed by atoms with Gasteiger partial charge in [-0.25, -0.2) is 4.98 Å². The van der Waals surface area contributed by atoms with Gasteiger partial charge in [-0.1, -0.05) is 22.0 Å². The summed E-state index contributed by atoms with van der Waals surface area (Å²) in [5.41, 5.74) is 1.95. The Balaban J connectivity index is 2.13. The molecule has 0 saturated carbocycles. The summed E-state index contributed by atoms with van der Waals surface area (Å²) in [6.07, 6.45) is 0. The number of nitrogens with zero attached hydrogens (tertiary/aromatic N) is 2. The van der Waals surface area contributed by atoms with E-state index in [1.165, 1.54) is 12.1 Å². The van der Waals surface area contributed by atoms with E-state index in [1.807, 2.05) is 12.1 Å². The molecule has 0 atom stereocenters. The molecule has 0 amide bonds. The maximum atomic E-state index is 10.7. The van der Waals surface area contributed by atoms with E-state index >= 15 is 0 Å². The fourth-order valence-corrected chi connectivity index (χ4v) is 2.13. The van der Waals surface area contributed by atoms with Crippen LogP contribution in [0.4, 0.5) is 5.69 Å². The highest BCUT2D eigenvalue weighted by atomic mass is 79.9. The van der Waals surface area contributed by atoms with E-state index in [9.17, 15) is 10.1 Å². The van der Waals surface area contributed by atoms with E-state index in [0.29, 0.717) is 22.6 Å². The molecule has 0 N–H and O–H groups in total. The zero-order chi connectivity index (χ0) is 13.4. The number of non-ortho nitro benzene ring substituents is 1. The molecule has 0 bridgehead atoms. The quantitative estimate of drug-likeness (QED) is 0.525. The molecule has 0 aliphatic rings. The molecule has 3 aromatic rings. The Morgan fingerprint density at radius 2 is 2.05 bits per heavy atom. The van der Waals surface area contributed by atoms with E-state index in [2.05, 4.69) is 20.9 Å². The smallest absolute Gasteiger partial charge is 0.270 e. The second kappa shape index (κ2) is 4.47. The average molecular weight is 319 g/mol. The Kier molecular flexibility index (Phi) is 2.79. The molecule has 19 heavy (non-hydrogen) atoms. The minimum atomic E-state index is -0.442. The van der Waals surface area contributed by atoms with Gasteiger partial charge in [-0.05, 0) is 24.3 Å². The summed E-state index contributed by atoms with van der Waals surface area (Å²) in [6.45, 7) is 0. The predicted molar refractivity (Wildman–Crippen MR) is 73.8 cm³/mol. The number of nitro benzene ring substituents is 1. The summed E-state index contributed by atoms with van der Waals surface area (Å²) in [6, 6.07) is 11.7. The van der Waals surface area contributed by atoms with Gasteiger partial charge in [-0.2, -0.15) is 0 Å². The molecule has 0 saturated heterocycles. The summed E-state index contributed by atoms with van der Waals surface area (Å²) in [5.74, 6) is 0.372. The number of hydrogen-bond donors (Lipinski definition) is 0. The Hall–Kier alpha value is -2.21. The molecule has 0 aliphatic carbocycles. The zero-order valence-electron chi connectivity index (χ0n) is 9.54. The zero-order valence-corrected chi connectivity index (χ0v) is 11.1. The van der Waals surface area contributed by atoms with Gasteiger partial charge in [0.25, 0.3) is 5.69 Å². The molecule has 3 rings (SSSR count). The van der Waals surface area contributed by atoms with Crippen LogP contribution < -0.4 is 0 Å². The van der Waals surface area contributed by atoms with Crippen molar-refractivity contribution in [3.63, 3.8) is 0 Å². The Morgan fingerprint density at radius 3 is 2.84 bits per heavy atom. The molecular formula is C13H7BrN2O3. The molecule has 0 radical (unpaired) electrons. The van der Waals surface area contributed by atoms with Gasteiger partial charge < -0.3 is 4.42 Å². The number of rotatable bonds is 2. The molecule has 2 aromatic carbocycles. The van der Waals surface area contributed by atoms with Crippen LogP contribution in [0.5, 0.6) is 0 Å². The van der Waals surface area contributed by atoms with Crippen molar-refractivity contribution in [2.45, 2.75) is 0 Å². The number of halogens is 1. The number of aromatic nitrogens is 1. The first-order chi connectivity index (χ1) is 9.13. The highest BCUT2D eigenvalue weighted by Gasteiger charge is 2.12. The van der Waals surface area contributed by atoms with Gasteiger partial charge in [0.05, 0.1) is 4.92 Å². The van der Waals surface area contributed by atoms with Crippen molar-refractivity contribution in [3.8, 4) is 11.5 Å². The van der Waals surface area contributed by atoms with Gasteiger partial charge in [0.2, 0.25) is 5.89 Å².